The Balaban J connectivity index is 2.37. The first-order valence-electron chi connectivity index (χ1n) is 26.4. The number of benzene rings is 2. The van der Waals surface area contributed by atoms with Crippen LogP contribution in [0.1, 0.15) is 82.8 Å². The fraction of sp³-hybridized carbons (Fsp3) is 0.692. The molecule has 2 rings (SSSR count). The summed E-state index contributed by atoms with van der Waals surface area (Å²) in [5.41, 5.74) is -42.0. The highest BCUT2D eigenvalue weighted by molar-refractivity contribution is 5.90. The van der Waals surface area contributed by atoms with Crippen molar-refractivity contribution in [3.8, 4) is 0 Å². The Morgan fingerprint density at radius 2 is 0.805 bits per heavy atom. The second-order valence-electron chi connectivity index (χ2n) is 20.8. The van der Waals surface area contributed by atoms with E-state index in [2.05, 4.69) is 34.6 Å². The number of hydrogen-bond acceptors (Lipinski definition) is 26. The van der Waals surface area contributed by atoms with E-state index in [1.54, 1.807) is 36.4 Å². The lowest BCUT2D eigenvalue weighted by Crippen LogP contribution is -2.94. The van der Waals surface area contributed by atoms with Gasteiger partial charge in [-0.3, -0.25) is 0 Å². The number of aliphatic hydroxyl groups excluding tert-OH is 10. The first-order chi connectivity index (χ1) is 38.3. The van der Waals surface area contributed by atoms with Crippen molar-refractivity contribution in [2.24, 2.45) is 5.11 Å². The highest BCUT2D eigenvalue weighted by Crippen LogP contribution is 2.55. The van der Waals surface area contributed by atoms with Crippen LogP contribution in [0, 0.1) is 5.53 Å². The predicted octanol–water partition coefficient (Wildman–Crippen LogP) is -5.45. The summed E-state index contributed by atoms with van der Waals surface area (Å²) in [6, 6.07) is 11.1. The zero-order valence-corrected chi connectivity index (χ0v) is 46.2. The SMILES string of the molecule is C=C(NC(=O)Nc1ccc(Cc2ccc(NC(=O)NCCCOCCCCCCCCCC)cc2)cc1)C(O)(CO)C(O)(CO)C(O)(CO)C(O)(CO)C(O)(CO)C(O)(CO)C(O)(CO)C(O)(CO)C(O)(CO)C(O)(CO)C(C)(O)N=N. The number of nitrogens with one attached hydrogen (secondary N) is 5. The molecule has 4 amide bonds. The number of hydrogen-bond donors (Lipinski definition) is 26. The van der Waals surface area contributed by atoms with Crippen molar-refractivity contribution >= 4 is 23.4 Å². The molecule has 11 unspecified atom stereocenters. The van der Waals surface area contributed by atoms with Gasteiger partial charge in [-0.25, -0.2) is 15.1 Å². The summed E-state index contributed by atoms with van der Waals surface area (Å²) in [4.78, 5) is 25.8. The van der Waals surface area contributed by atoms with Gasteiger partial charge < -0.3 is 133 Å². The average molecular weight is 1180 g/mol. The first kappa shape index (κ1) is 73.5. The molecule has 0 aromatic heterocycles. The number of unbranched alkanes of at least 4 members (excludes halogenated alkanes) is 7. The number of aliphatic hydroxyl groups is 21. The second-order valence-corrected chi connectivity index (χ2v) is 20.8. The summed E-state index contributed by atoms with van der Waals surface area (Å²) < 4.78 is 5.67. The van der Waals surface area contributed by atoms with Gasteiger partial charge >= 0.3 is 12.1 Å². The Hall–Kier alpha value is -4.56. The van der Waals surface area contributed by atoms with Crippen molar-refractivity contribution in [3.63, 3.8) is 0 Å². The number of nitrogens with zero attached hydrogens (tertiary/aromatic N) is 1. The Kier molecular flexibility index (Phi) is 27.3. The van der Waals surface area contributed by atoms with E-state index < -0.39 is 146 Å². The van der Waals surface area contributed by atoms with Crippen molar-refractivity contribution < 1.29 is 122 Å². The number of urea groups is 2. The summed E-state index contributed by atoms with van der Waals surface area (Å²) in [7, 11) is 0. The number of carbonyl (C=O) groups is 2. The molecule has 26 N–H and O–H groups in total. The van der Waals surface area contributed by atoms with Crippen molar-refractivity contribution in [2.45, 2.75) is 140 Å². The molecule has 0 saturated carbocycles. The zero-order chi connectivity index (χ0) is 62.7. The highest BCUT2D eigenvalue weighted by Gasteiger charge is 2.85. The molecule has 0 bridgehead atoms. The van der Waals surface area contributed by atoms with Crippen molar-refractivity contribution in [2.75, 3.05) is 96.5 Å². The third-order valence-corrected chi connectivity index (χ3v) is 15.9. The molecular formula is C52H88N6O24. The van der Waals surface area contributed by atoms with Crippen molar-refractivity contribution in [3.05, 3.63) is 71.9 Å². The molecule has 0 aliphatic heterocycles. The van der Waals surface area contributed by atoms with Crippen LogP contribution in [0.4, 0.5) is 21.0 Å². The van der Waals surface area contributed by atoms with Gasteiger partial charge in [0.1, 0.15) is 0 Å². The van der Waals surface area contributed by atoms with E-state index in [0.717, 1.165) is 18.4 Å². The topological polar surface area (TPSA) is 553 Å². The van der Waals surface area contributed by atoms with E-state index in [1.165, 1.54) is 50.7 Å². The molecule has 0 radical (unpaired) electrons. The molecule has 2 aromatic carbocycles. The Labute approximate surface area is 473 Å². The largest absolute Gasteiger partial charge is 0.393 e. The van der Waals surface area contributed by atoms with Crippen LogP contribution in [0.5, 0.6) is 0 Å². The molecule has 0 aliphatic rings. The van der Waals surface area contributed by atoms with Gasteiger partial charge in [-0.1, -0.05) is 82.7 Å². The van der Waals surface area contributed by atoms with E-state index in [1.807, 2.05) is 5.32 Å². The average Bonchev–Trinajstić information content (AvgIpc) is 0.930. The molecule has 470 valence electrons. The number of carbonyl (C=O) groups excluding carboxylic acids is 2. The van der Waals surface area contributed by atoms with Gasteiger partial charge in [0.2, 0.25) is 5.72 Å². The summed E-state index contributed by atoms with van der Waals surface area (Å²) in [5, 5.41) is 250. The van der Waals surface area contributed by atoms with E-state index in [-0.39, 0.29) is 5.69 Å². The normalized spacial score (nSPS) is 20.1. The van der Waals surface area contributed by atoms with Crippen LogP contribution in [0.2, 0.25) is 0 Å². The smallest absolute Gasteiger partial charge is 0.323 e. The van der Waals surface area contributed by atoms with Crippen molar-refractivity contribution in [1.82, 2.24) is 10.6 Å². The minimum Gasteiger partial charge on any atom is -0.393 e. The summed E-state index contributed by atoms with van der Waals surface area (Å²) in [6.07, 6.45) is 10.7. The molecule has 0 spiro atoms. The maximum Gasteiger partial charge on any atom is 0.323 e. The van der Waals surface area contributed by atoms with Crippen LogP contribution in [0.3, 0.4) is 0 Å². The van der Waals surface area contributed by atoms with Gasteiger partial charge in [0.15, 0.2) is 56.0 Å². The van der Waals surface area contributed by atoms with Gasteiger partial charge in [-0.15, -0.1) is 0 Å². The maximum absolute atomic E-state index is 13.4. The Bertz CT molecular complexity index is 2330. The van der Waals surface area contributed by atoms with Gasteiger partial charge in [0.05, 0.1) is 66.1 Å². The number of amides is 4. The van der Waals surface area contributed by atoms with Crippen LogP contribution >= 0.6 is 0 Å². The summed E-state index contributed by atoms with van der Waals surface area (Å²) in [5.74, 6) is 0. The molecule has 0 aliphatic carbocycles. The third kappa shape index (κ3) is 13.6. The molecule has 2 aromatic rings. The Morgan fingerprint density at radius 3 is 1.16 bits per heavy atom. The third-order valence-electron chi connectivity index (χ3n) is 15.9. The highest BCUT2D eigenvalue weighted by atomic mass is 16.5. The minimum atomic E-state index is -4.95. The first-order valence-corrected chi connectivity index (χ1v) is 26.4. The summed E-state index contributed by atoms with van der Waals surface area (Å²) in [6.45, 7) is -16.8. The monoisotopic (exact) mass is 1180 g/mol. The molecule has 30 nitrogen and oxygen atoms in total. The van der Waals surface area contributed by atoms with Crippen LogP contribution in [0.15, 0.2) is 65.9 Å². The molecule has 0 saturated heterocycles. The fourth-order valence-corrected chi connectivity index (χ4v) is 10.1. The lowest BCUT2D eigenvalue weighted by atomic mass is 9.49. The van der Waals surface area contributed by atoms with Crippen LogP contribution in [-0.2, 0) is 11.2 Å². The zero-order valence-electron chi connectivity index (χ0n) is 46.2. The van der Waals surface area contributed by atoms with E-state index in [0.29, 0.717) is 50.8 Å². The molecule has 0 fully saturated rings. The van der Waals surface area contributed by atoms with E-state index in [4.69, 9.17) is 10.3 Å². The number of ether oxygens (including phenoxy) is 1. The lowest BCUT2D eigenvalue weighted by molar-refractivity contribution is -0.427. The Morgan fingerprint density at radius 1 is 0.476 bits per heavy atom. The van der Waals surface area contributed by atoms with Gasteiger partial charge in [-0.05, 0) is 61.6 Å². The fourth-order valence-electron chi connectivity index (χ4n) is 10.1. The van der Waals surface area contributed by atoms with E-state index in [9.17, 15) is 117 Å². The van der Waals surface area contributed by atoms with Gasteiger partial charge in [-0.2, -0.15) is 5.11 Å². The predicted molar refractivity (Wildman–Crippen MR) is 288 cm³/mol. The molecule has 82 heavy (non-hydrogen) atoms. The molecule has 0 heterocycles. The van der Waals surface area contributed by atoms with Gasteiger partial charge in [0.25, 0.3) is 0 Å². The van der Waals surface area contributed by atoms with Gasteiger partial charge in [0, 0.05) is 36.8 Å². The molecular weight excluding hydrogens is 1090 g/mol. The molecule has 30 heteroatoms. The lowest BCUT2D eigenvalue weighted by Gasteiger charge is -2.66. The van der Waals surface area contributed by atoms with E-state index >= 15 is 0 Å². The quantitative estimate of drug-likeness (QED) is 0.0219. The number of rotatable bonds is 40. The van der Waals surface area contributed by atoms with Crippen LogP contribution in [0.25, 0.3) is 0 Å². The number of anilines is 2. The summed E-state index contributed by atoms with van der Waals surface area (Å²) >= 11 is 0. The standard InChI is InChI=1S/C52H88N6O24/c1-4-5-6-7-8-9-10-11-22-82-23-12-21-54-40(69)56-38-17-13-36(14-18-38)24-37-15-19-39(20-16-37)57-41(70)55-35(2)43(72,25-59)45(74,27-61)47(76,29-63)49(78,31-65)51(80,33-67)52(81,34-68)50(79,32-66)48(77,30-64)46(75,28-62)44(73,26-60)42(3,71)58-53/h13-20,53,59-68,71-81H,2,4-12,21-34H2,1,3H3,(H2,54,56,69)(H2,55,57,70). The van der Waals surface area contributed by atoms with Crippen LogP contribution < -0.4 is 21.3 Å². The minimum absolute atomic E-state index is 0.0277. The van der Waals surface area contributed by atoms with Crippen molar-refractivity contribution in [1.29, 1.82) is 5.53 Å². The maximum atomic E-state index is 13.4. The van der Waals surface area contributed by atoms with Crippen LogP contribution in [-0.4, -0.2) is 267 Å². The second kappa shape index (κ2) is 30.5. The molecule has 11 atom stereocenters.